The zero-order chi connectivity index (χ0) is 19.9. The Morgan fingerprint density at radius 2 is 1.68 bits per heavy atom. The SMILES string of the molecule is CCN(CC)c1ccc(NC(=O)c2cnc(Nc3cccc(Cl)c3)nc2)cc1. The van der Waals surface area contributed by atoms with Gasteiger partial charge in [0.2, 0.25) is 5.95 Å². The van der Waals surface area contributed by atoms with E-state index in [0.717, 1.165) is 30.2 Å². The van der Waals surface area contributed by atoms with Crippen LogP contribution in [0.2, 0.25) is 5.02 Å². The van der Waals surface area contributed by atoms with Crippen LogP contribution in [-0.2, 0) is 0 Å². The van der Waals surface area contributed by atoms with Gasteiger partial charge in [-0.2, -0.15) is 0 Å². The van der Waals surface area contributed by atoms with Crippen molar-refractivity contribution in [1.29, 1.82) is 0 Å². The van der Waals surface area contributed by atoms with E-state index in [-0.39, 0.29) is 5.91 Å². The van der Waals surface area contributed by atoms with Gasteiger partial charge in [0, 0.05) is 47.6 Å². The van der Waals surface area contributed by atoms with Crippen molar-refractivity contribution in [2.24, 2.45) is 0 Å². The standard InChI is InChI=1S/C21H22ClN5O/c1-3-27(4-2)19-10-8-17(9-11-19)25-20(28)15-13-23-21(24-14-15)26-18-7-5-6-16(22)12-18/h5-14H,3-4H2,1-2H3,(H,25,28)(H,23,24,26). The van der Waals surface area contributed by atoms with E-state index in [1.54, 1.807) is 12.1 Å². The van der Waals surface area contributed by atoms with Crippen LogP contribution >= 0.6 is 11.6 Å². The number of benzene rings is 2. The minimum Gasteiger partial charge on any atom is -0.372 e. The van der Waals surface area contributed by atoms with Crippen molar-refractivity contribution in [1.82, 2.24) is 9.97 Å². The number of aromatic nitrogens is 2. The summed E-state index contributed by atoms with van der Waals surface area (Å²) in [5.41, 5.74) is 3.01. The summed E-state index contributed by atoms with van der Waals surface area (Å²) >= 11 is 5.96. The van der Waals surface area contributed by atoms with Crippen LogP contribution in [0.3, 0.4) is 0 Å². The van der Waals surface area contributed by atoms with Gasteiger partial charge in [0.1, 0.15) is 0 Å². The number of nitrogens with one attached hydrogen (secondary N) is 2. The molecule has 1 heterocycles. The topological polar surface area (TPSA) is 70.2 Å². The molecule has 0 atom stereocenters. The molecule has 0 saturated carbocycles. The summed E-state index contributed by atoms with van der Waals surface area (Å²) in [5.74, 6) is 0.132. The van der Waals surface area contributed by atoms with Crippen LogP contribution in [0.4, 0.5) is 23.0 Å². The molecule has 0 aliphatic heterocycles. The zero-order valence-electron chi connectivity index (χ0n) is 15.8. The van der Waals surface area contributed by atoms with Gasteiger partial charge < -0.3 is 15.5 Å². The number of carbonyl (C=O) groups excluding carboxylic acids is 1. The number of carbonyl (C=O) groups is 1. The van der Waals surface area contributed by atoms with E-state index in [2.05, 4.69) is 39.3 Å². The van der Waals surface area contributed by atoms with E-state index >= 15 is 0 Å². The van der Waals surface area contributed by atoms with Crippen LogP contribution < -0.4 is 15.5 Å². The van der Waals surface area contributed by atoms with E-state index in [1.807, 2.05) is 36.4 Å². The Bertz CT molecular complexity index is 924. The molecule has 1 amide bonds. The molecule has 2 aromatic carbocycles. The Hall–Kier alpha value is -3.12. The summed E-state index contributed by atoms with van der Waals surface area (Å²) in [5, 5.41) is 6.53. The first-order valence-electron chi connectivity index (χ1n) is 9.10. The molecular weight excluding hydrogens is 374 g/mol. The molecule has 0 unspecified atom stereocenters. The second kappa shape index (κ2) is 9.19. The monoisotopic (exact) mass is 395 g/mol. The van der Waals surface area contributed by atoms with Crippen LogP contribution in [0.5, 0.6) is 0 Å². The lowest BCUT2D eigenvalue weighted by Crippen LogP contribution is -2.21. The molecule has 2 N–H and O–H groups in total. The van der Waals surface area contributed by atoms with Gasteiger partial charge in [0.25, 0.3) is 5.91 Å². The number of amides is 1. The van der Waals surface area contributed by atoms with Gasteiger partial charge in [-0.3, -0.25) is 4.79 Å². The number of anilines is 4. The van der Waals surface area contributed by atoms with E-state index in [1.165, 1.54) is 12.4 Å². The fraction of sp³-hybridized carbons (Fsp3) is 0.190. The van der Waals surface area contributed by atoms with Gasteiger partial charge in [0.05, 0.1) is 5.56 Å². The Balaban J connectivity index is 1.63. The predicted octanol–water partition coefficient (Wildman–Crippen LogP) is 4.97. The molecule has 0 aliphatic rings. The molecule has 0 saturated heterocycles. The lowest BCUT2D eigenvalue weighted by atomic mass is 10.2. The maximum absolute atomic E-state index is 12.4. The van der Waals surface area contributed by atoms with Crippen molar-refractivity contribution >= 4 is 40.5 Å². The van der Waals surface area contributed by atoms with Crippen molar-refractivity contribution in [2.75, 3.05) is 28.6 Å². The summed E-state index contributed by atoms with van der Waals surface area (Å²) < 4.78 is 0. The summed E-state index contributed by atoms with van der Waals surface area (Å²) in [7, 11) is 0. The largest absolute Gasteiger partial charge is 0.372 e. The van der Waals surface area contributed by atoms with Gasteiger partial charge in [0.15, 0.2) is 0 Å². The molecule has 0 spiro atoms. The van der Waals surface area contributed by atoms with E-state index in [9.17, 15) is 4.79 Å². The quantitative estimate of drug-likeness (QED) is 0.590. The molecule has 7 heteroatoms. The molecule has 3 rings (SSSR count). The lowest BCUT2D eigenvalue weighted by molar-refractivity contribution is 0.102. The molecular formula is C21H22ClN5O. The predicted molar refractivity (Wildman–Crippen MR) is 115 cm³/mol. The highest BCUT2D eigenvalue weighted by molar-refractivity contribution is 6.30. The Labute approximate surface area is 169 Å². The third kappa shape index (κ3) is 4.98. The van der Waals surface area contributed by atoms with Crippen molar-refractivity contribution in [3.05, 3.63) is 71.5 Å². The molecule has 0 radical (unpaired) electrons. The number of rotatable bonds is 7. The molecule has 1 aromatic heterocycles. The molecule has 0 aliphatic carbocycles. The smallest absolute Gasteiger partial charge is 0.258 e. The van der Waals surface area contributed by atoms with E-state index in [4.69, 9.17) is 11.6 Å². The Kier molecular flexibility index (Phi) is 6.45. The zero-order valence-corrected chi connectivity index (χ0v) is 16.6. The van der Waals surface area contributed by atoms with E-state index < -0.39 is 0 Å². The van der Waals surface area contributed by atoms with Gasteiger partial charge in [-0.05, 0) is 56.3 Å². The molecule has 28 heavy (non-hydrogen) atoms. The molecule has 0 fully saturated rings. The summed E-state index contributed by atoms with van der Waals surface area (Å²) in [6.45, 7) is 6.11. The average Bonchev–Trinajstić information content (AvgIpc) is 2.71. The van der Waals surface area contributed by atoms with Gasteiger partial charge >= 0.3 is 0 Å². The minimum absolute atomic E-state index is 0.259. The average molecular weight is 396 g/mol. The fourth-order valence-corrected chi connectivity index (χ4v) is 2.94. The van der Waals surface area contributed by atoms with Crippen LogP contribution in [0, 0.1) is 0 Å². The first-order valence-corrected chi connectivity index (χ1v) is 9.48. The fourth-order valence-electron chi connectivity index (χ4n) is 2.75. The second-order valence-electron chi connectivity index (χ2n) is 6.10. The molecule has 144 valence electrons. The normalized spacial score (nSPS) is 10.4. The highest BCUT2D eigenvalue weighted by Crippen LogP contribution is 2.19. The van der Waals surface area contributed by atoms with Gasteiger partial charge in [-0.1, -0.05) is 17.7 Å². The maximum Gasteiger partial charge on any atom is 0.258 e. The van der Waals surface area contributed by atoms with Crippen molar-refractivity contribution in [2.45, 2.75) is 13.8 Å². The molecule has 0 bridgehead atoms. The number of nitrogens with zero attached hydrogens (tertiary/aromatic N) is 3. The highest BCUT2D eigenvalue weighted by atomic mass is 35.5. The molecule has 3 aromatic rings. The third-order valence-electron chi connectivity index (χ3n) is 4.25. The van der Waals surface area contributed by atoms with Crippen molar-refractivity contribution < 1.29 is 4.79 Å². The first kappa shape index (κ1) is 19.6. The summed E-state index contributed by atoms with van der Waals surface area (Å²) in [6, 6.07) is 15.0. The summed E-state index contributed by atoms with van der Waals surface area (Å²) in [4.78, 5) is 23.0. The maximum atomic E-state index is 12.4. The van der Waals surface area contributed by atoms with Crippen LogP contribution in [0.25, 0.3) is 0 Å². The minimum atomic E-state index is -0.259. The Morgan fingerprint density at radius 3 is 2.29 bits per heavy atom. The van der Waals surface area contributed by atoms with Crippen molar-refractivity contribution in [3.8, 4) is 0 Å². The number of halogens is 1. The number of hydrogen-bond acceptors (Lipinski definition) is 5. The summed E-state index contributed by atoms with van der Waals surface area (Å²) in [6.07, 6.45) is 2.97. The van der Waals surface area contributed by atoms with Crippen molar-refractivity contribution in [3.63, 3.8) is 0 Å². The molecule has 6 nitrogen and oxygen atoms in total. The number of hydrogen-bond donors (Lipinski definition) is 2. The Morgan fingerprint density at radius 1 is 1.00 bits per heavy atom. The van der Waals surface area contributed by atoms with Crippen LogP contribution in [0.1, 0.15) is 24.2 Å². The second-order valence-corrected chi connectivity index (χ2v) is 6.54. The van der Waals surface area contributed by atoms with Crippen LogP contribution in [0.15, 0.2) is 60.9 Å². The van der Waals surface area contributed by atoms with Crippen LogP contribution in [-0.4, -0.2) is 29.0 Å². The third-order valence-corrected chi connectivity index (χ3v) is 4.48. The van der Waals surface area contributed by atoms with E-state index in [0.29, 0.717) is 16.5 Å². The van der Waals surface area contributed by atoms with Gasteiger partial charge in [-0.15, -0.1) is 0 Å². The van der Waals surface area contributed by atoms with Gasteiger partial charge in [-0.25, -0.2) is 9.97 Å². The lowest BCUT2D eigenvalue weighted by Gasteiger charge is -2.21. The highest BCUT2D eigenvalue weighted by Gasteiger charge is 2.09. The first-order chi connectivity index (χ1) is 13.6.